The minimum Gasteiger partial charge on any atom is -0.375 e. The minimum absolute atomic E-state index is 0.287. The molecule has 22 heavy (non-hydrogen) atoms. The van der Waals surface area contributed by atoms with Crippen LogP contribution in [-0.4, -0.2) is 60.3 Å². The van der Waals surface area contributed by atoms with Crippen LogP contribution >= 0.6 is 0 Å². The van der Waals surface area contributed by atoms with Crippen molar-refractivity contribution in [2.75, 3.05) is 44.2 Å². The number of ether oxygens (including phenoxy) is 1. The fourth-order valence-electron chi connectivity index (χ4n) is 3.47. The van der Waals surface area contributed by atoms with E-state index in [1.54, 1.807) is 6.33 Å². The molecule has 5 nitrogen and oxygen atoms in total. The third-order valence-electron chi connectivity index (χ3n) is 4.87. The lowest BCUT2D eigenvalue weighted by Crippen LogP contribution is -2.42. The van der Waals surface area contributed by atoms with Crippen LogP contribution in [0.3, 0.4) is 0 Å². The highest BCUT2D eigenvalue weighted by Gasteiger charge is 2.24. The maximum absolute atomic E-state index is 6.10. The summed E-state index contributed by atoms with van der Waals surface area (Å²) in [4.78, 5) is 13.8. The summed E-state index contributed by atoms with van der Waals surface area (Å²) < 4.78 is 6.10. The first-order valence-electron chi connectivity index (χ1n) is 8.61. The van der Waals surface area contributed by atoms with Gasteiger partial charge in [-0.2, -0.15) is 0 Å². The Labute approximate surface area is 133 Å². The smallest absolute Gasteiger partial charge is 0.135 e. The second kappa shape index (κ2) is 7.38. The Morgan fingerprint density at radius 3 is 2.73 bits per heavy atom. The van der Waals surface area contributed by atoms with E-state index in [-0.39, 0.29) is 6.10 Å². The quantitative estimate of drug-likeness (QED) is 0.856. The van der Waals surface area contributed by atoms with Gasteiger partial charge in [0.25, 0.3) is 0 Å². The zero-order valence-corrected chi connectivity index (χ0v) is 13.9. The van der Waals surface area contributed by atoms with E-state index in [0.29, 0.717) is 0 Å². The lowest BCUT2D eigenvalue weighted by Gasteiger charge is -2.32. The van der Waals surface area contributed by atoms with Gasteiger partial charge >= 0.3 is 0 Å². The SMILES string of the molecule is Cc1ncnc(N2CCCOC(CN3CCCCC3)C2)c1C. The molecule has 1 aromatic rings. The second-order valence-electron chi connectivity index (χ2n) is 6.56. The molecule has 2 saturated heterocycles. The summed E-state index contributed by atoms with van der Waals surface area (Å²) in [5, 5.41) is 0. The summed E-state index contributed by atoms with van der Waals surface area (Å²) in [6.45, 7) is 10.5. The van der Waals surface area contributed by atoms with E-state index in [9.17, 15) is 0 Å². The van der Waals surface area contributed by atoms with Crippen molar-refractivity contribution in [1.29, 1.82) is 0 Å². The van der Waals surface area contributed by atoms with E-state index in [1.807, 2.05) is 0 Å². The number of hydrogen-bond donors (Lipinski definition) is 0. The van der Waals surface area contributed by atoms with Crippen molar-refractivity contribution in [3.63, 3.8) is 0 Å². The molecular weight excluding hydrogens is 276 g/mol. The first kappa shape index (κ1) is 15.7. The van der Waals surface area contributed by atoms with E-state index in [0.717, 1.165) is 44.2 Å². The average Bonchev–Trinajstić information content (AvgIpc) is 2.76. The van der Waals surface area contributed by atoms with Crippen molar-refractivity contribution in [3.05, 3.63) is 17.6 Å². The van der Waals surface area contributed by atoms with Gasteiger partial charge in [-0.1, -0.05) is 6.42 Å². The van der Waals surface area contributed by atoms with Crippen molar-refractivity contribution < 1.29 is 4.74 Å². The molecule has 122 valence electrons. The monoisotopic (exact) mass is 304 g/mol. The van der Waals surface area contributed by atoms with E-state index < -0.39 is 0 Å². The molecule has 0 saturated carbocycles. The number of aromatic nitrogens is 2. The molecule has 0 spiro atoms. The van der Waals surface area contributed by atoms with E-state index in [1.165, 1.54) is 37.9 Å². The molecule has 2 fully saturated rings. The topological polar surface area (TPSA) is 41.5 Å². The van der Waals surface area contributed by atoms with Crippen LogP contribution in [0.5, 0.6) is 0 Å². The number of nitrogens with zero attached hydrogens (tertiary/aromatic N) is 4. The normalized spacial score (nSPS) is 24.3. The zero-order valence-electron chi connectivity index (χ0n) is 13.9. The van der Waals surface area contributed by atoms with Crippen LogP contribution in [0.1, 0.15) is 36.9 Å². The number of likely N-dealkylation sites (tertiary alicyclic amines) is 1. The predicted octanol–water partition coefficient (Wildman–Crippen LogP) is 2.17. The van der Waals surface area contributed by atoms with E-state index in [2.05, 4.69) is 33.6 Å². The van der Waals surface area contributed by atoms with Crippen molar-refractivity contribution in [2.24, 2.45) is 0 Å². The Morgan fingerprint density at radius 1 is 1.09 bits per heavy atom. The Morgan fingerprint density at radius 2 is 1.91 bits per heavy atom. The van der Waals surface area contributed by atoms with Gasteiger partial charge in [0.2, 0.25) is 0 Å². The Hall–Kier alpha value is -1.20. The first-order chi connectivity index (χ1) is 10.7. The third-order valence-corrected chi connectivity index (χ3v) is 4.87. The standard InChI is InChI=1S/C17H28N4O/c1-14-15(2)18-13-19-17(14)21-9-6-10-22-16(12-21)11-20-7-4-3-5-8-20/h13,16H,3-12H2,1-2H3. The summed E-state index contributed by atoms with van der Waals surface area (Å²) in [5.41, 5.74) is 2.27. The number of piperidine rings is 1. The number of hydrogen-bond acceptors (Lipinski definition) is 5. The highest BCUT2D eigenvalue weighted by atomic mass is 16.5. The molecule has 0 aromatic carbocycles. The Bertz CT molecular complexity index is 488. The molecule has 0 N–H and O–H groups in total. The van der Waals surface area contributed by atoms with E-state index >= 15 is 0 Å². The summed E-state index contributed by atoms with van der Waals surface area (Å²) in [5.74, 6) is 1.08. The lowest BCUT2D eigenvalue weighted by atomic mass is 10.1. The Balaban J connectivity index is 1.68. The van der Waals surface area contributed by atoms with Crippen LogP contribution in [0.15, 0.2) is 6.33 Å². The predicted molar refractivity (Wildman–Crippen MR) is 88.4 cm³/mol. The van der Waals surface area contributed by atoms with Crippen LogP contribution in [0.4, 0.5) is 5.82 Å². The molecule has 1 aromatic heterocycles. The minimum atomic E-state index is 0.287. The van der Waals surface area contributed by atoms with Gasteiger partial charge in [0.05, 0.1) is 6.10 Å². The van der Waals surface area contributed by atoms with Gasteiger partial charge < -0.3 is 14.5 Å². The van der Waals surface area contributed by atoms with Crippen molar-refractivity contribution in [1.82, 2.24) is 14.9 Å². The van der Waals surface area contributed by atoms with Crippen LogP contribution in [0.2, 0.25) is 0 Å². The average molecular weight is 304 g/mol. The van der Waals surface area contributed by atoms with Crippen molar-refractivity contribution in [3.8, 4) is 0 Å². The van der Waals surface area contributed by atoms with Gasteiger partial charge in [-0.3, -0.25) is 0 Å². The van der Waals surface area contributed by atoms with Gasteiger partial charge in [-0.25, -0.2) is 9.97 Å². The van der Waals surface area contributed by atoms with Gasteiger partial charge in [0.15, 0.2) is 0 Å². The molecule has 2 aliphatic rings. The number of anilines is 1. The van der Waals surface area contributed by atoms with Crippen LogP contribution in [-0.2, 0) is 4.74 Å². The largest absolute Gasteiger partial charge is 0.375 e. The summed E-state index contributed by atoms with van der Waals surface area (Å²) >= 11 is 0. The molecule has 0 bridgehead atoms. The fourth-order valence-corrected chi connectivity index (χ4v) is 3.47. The molecule has 1 unspecified atom stereocenters. The van der Waals surface area contributed by atoms with Crippen LogP contribution in [0, 0.1) is 13.8 Å². The van der Waals surface area contributed by atoms with Crippen LogP contribution < -0.4 is 4.90 Å². The van der Waals surface area contributed by atoms with Gasteiger partial charge in [0, 0.05) is 37.5 Å². The Kier molecular flexibility index (Phi) is 5.26. The number of aryl methyl sites for hydroxylation is 1. The molecule has 3 heterocycles. The zero-order chi connectivity index (χ0) is 15.4. The summed E-state index contributed by atoms with van der Waals surface area (Å²) in [6, 6.07) is 0. The second-order valence-corrected chi connectivity index (χ2v) is 6.56. The molecule has 1 atom stereocenters. The lowest BCUT2D eigenvalue weighted by molar-refractivity contribution is 0.0350. The molecule has 0 amide bonds. The molecule has 0 radical (unpaired) electrons. The molecule has 3 rings (SSSR count). The highest BCUT2D eigenvalue weighted by molar-refractivity contribution is 5.47. The number of rotatable bonds is 3. The highest BCUT2D eigenvalue weighted by Crippen LogP contribution is 2.21. The maximum atomic E-state index is 6.10. The molecule has 5 heteroatoms. The first-order valence-corrected chi connectivity index (χ1v) is 8.61. The van der Waals surface area contributed by atoms with E-state index in [4.69, 9.17) is 4.74 Å². The maximum Gasteiger partial charge on any atom is 0.135 e. The molecule has 2 aliphatic heterocycles. The third kappa shape index (κ3) is 3.76. The van der Waals surface area contributed by atoms with Crippen molar-refractivity contribution >= 4 is 5.82 Å². The fraction of sp³-hybridized carbons (Fsp3) is 0.765. The summed E-state index contributed by atoms with van der Waals surface area (Å²) in [6.07, 6.45) is 7.09. The summed E-state index contributed by atoms with van der Waals surface area (Å²) in [7, 11) is 0. The van der Waals surface area contributed by atoms with Gasteiger partial charge in [0.1, 0.15) is 12.1 Å². The van der Waals surface area contributed by atoms with Gasteiger partial charge in [-0.15, -0.1) is 0 Å². The van der Waals surface area contributed by atoms with Crippen molar-refractivity contribution in [2.45, 2.75) is 45.6 Å². The van der Waals surface area contributed by atoms with Crippen LogP contribution in [0.25, 0.3) is 0 Å². The van der Waals surface area contributed by atoms with Gasteiger partial charge in [-0.05, 0) is 46.2 Å². The molecular formula is C17H28N4O. The molecule has 0 aliphatic carbocycles.